The number of aryl methyl sites for hydroxylation is 1. The zero-order valence-corrected chi connectivity index (χ0v) is 16.0. The van der Waals surface area contributed by atoms with Crippen LogP contribution in [0.25, 0.3) is 0 Å². The molecule has 1 aliphatic heterocycles. The molecule has 0 aliphatic carbocycles. The van der Waals surface area contributed by atoms with Crippen molar-refractivity contribution in [1.29, 1.82) is 0 Å². The third-order valence-electron chi connectivity index (χ3n) is 5.10. The summed E-state index contributed by atoms with van der Waals surface area (Å²) >= 11 is 0. The molecule has 1 aliphatic rings. The highest BCUT2D eigenvalue weighted by atomic mass is 16.2. The van der Waals surface area contributed by atoms with E-state index in [0.717, 1.165) is 18.5 Å². The van der Waals surface area contributed by atoms with Gasteiger partial charge in [0, 0.05) is 37.7 Å². The van der Waals surface area contributed by atoms with Crippen LogP contribution >= 0.6 is 0 Å². The number of carbonyl (C=O) groups excluding carboxylic acids is 2. The molecule has 2 aromatic rings. The number of fused-ring (bicyclic) bond motifs is 1. The second kappa shape index (κ2) is 8.82. The second-order valence-electron chi connectivity index (χ2n) is 7.22. The zero-order valence-electron chi connectivity index (χ0n) is 16.0. The first-order valence-corrected chi connectivity index (χ1v) is 9.41. The average Bonchev–Trinajstić information content (AvgIpc) is 2.66. The number of nitrogens with one attached hydrogen (secondary N) is 2. The molecule has 2 amide bonds. The number of rotatable bonds is 6. The molecule has 2 N–H and O–H groups in total. The molecule has 5 nitrogen and oxygen atoms in total. The van der Waals surface area contributed by atoms with Crippen molar-refractivity contribution in [3.8, 4) is 0 Å². The average molecular weight is 365 g/mol. The summed E-state index contributed by atoms with van der Waals surface area (Å²) in [5, 5.41) is 5.80. The molecule has 0 radical (unpaired) electrons. The maximum atomic E-state index is 12.1. The molecule has 0 unspecified atom stereocenters. The predicted octanol–water partition coefficient (Wildman–Crippen LogP) is 2.29. The molecule has 27 heavy (non-hydrogen) atoms. The third kappa shape index (κ3) is 5.17. The van der Waals surface area contributed by atoms with Crippen molar-refractivity contribution in [2.24, 2.45) is 0 Å². The summed E-state index contributed by atoms with van der Waals surface area (Å²) in [7, 11) is 2.09. The van der Waals surface area contributed by atoms with E-state index in [2.05, 4.69) is 46.8 Å². The molecule has 142 valence electrons. The van der Waals surface area contributed by atoms with E-state index in [1.165, 1.54) is 11.1 Å². The van der Waals surface area contributed by atoms with Gasteiger partial charge in [0.25, 0.3) is 5.91 Å². The van der Waals surface area contributed by atoms with Crippen LogP contribution in [0.15, 0.2) is 48.5 Å². The van der Waals surface area contributed by atoms with Gasteiger partial charge in [0.1, 0.15) is 0 Å². The maximum Gasteiger partial charge on any atom is 0.251 e. The van der Waals surface area contributed by atoms with Gasteiger partial charge in [-0.1, -0.05) is 42.0 Å². The highest BCUT2D eigenvalue weighted by Gasteiger charge is 2.23. The van der Waals surface area contributed by atoms with E-state index in [-0.39, 0.29) is 18.2 Å². The van der Waals surface area contributed by atoms with Gasteiger partial charge in [0.15, 0.2) is 0 Å². The number of benzene rings is 2. The van der Waals surface area contributed by atoms with E-state index in [9.17, 15) is 9.59 Å². The van der Waals surface area contributed by atoms with Gasteiger partial charge in [-0.15, -0.1) is 0 Å². The van der Waals surface area contributed by atoms with Crippen LogP contribution in [0.4, 0.5) is 0 Å². The third-order valence-corrected chi connectivity index (χ3v) is 5.10. The predicted molar refractivity (Wildman–Crippen MR) is 107 cm³/mol. The number of hydrogen-bond donors (Lipinski definition) is 2. The van der Waals surface area contributed by atoms with Gasteiger partial charge < -0.3 is 10.6 Å². The lowest BCUT2D eigenvalue weighted by Crippen LogP contribution is -2.45. The quantitative estimate of drug-likeness (QED) is 0.826. The molecule has 1 heterocycles. The first kappa shape index (κ1) is 19.1. The molecule has 0 saturated carbocycles. The Morgan fingerprint density at radius 1 is 1.04 bits per heavy atom. The van der Waals surface area contributed by atoms with Crippen LogP contribution < -0.4 is 10.6 Å². The van der Waals surface area contributed by atoms with Crippen LogP contribution in [0.5, 0.6) is 0 Å². The number of nitrogens with zero attached hydrogens (tertiary/aromatic N) is 1. The Labute approximate surface area is 160 Å². The van der Waals surface area contributed by atoms with Crippen LogP contribution in [0, 0.1) is 6.92 Å². The fraction of sp³-hybridized carbons (Fsp3) is 0.364. The molecule has 0 bridgehead atoms. The van der Waals surface area contributed by atoms with E-state index < -0.39 is 0 Å². The maximum absolute atomic E-state index is 12.1. The van der Waals surface area contributed by atoms with Crippen molar-refractivity contribution in [2.75, 3.05) is 20.1 Å². The minimum absolute atomic E-state index is 0.0357. The lowest BCUT2D eigenvalue weighted by atomic mass is 9.94. The first-order chi connectivity index (χ1) is 13.0. The van der Waals surface area contributed by atoms with Gasteiger partial charge in [-0.3, -0.25) is 14.5 Å². The minimum atomic E-state index is -0.147. The van der Waals surface area contributed by atoms with Crippen molar-refractivity contribution in [3.63, 3.8) is 0 Å². The smallest absolute Gasteiger partial charge is 0.251 e. The van der Waals surface area contributed by atoms with Gasteiger partial charge in [0.2, 0.25) is 5.91 Å². The van der Waals surface area contributed by atoms with Crippen LogP contribution in [0.2, 0.25) is 0 Å². The standard InChI is InChI=1S/C22H27N3O2/c1-16-7-9-17(10-8-16)22(27)23-12-11-21(26)24-14-20-13-18-5-3-4-6-19(18)15-25(20)2/h3-10,20H,11-15H2,1-2H3,(H,23,27)(H,24,26)/t20-/m0/s1. The highest BCUT2D eigenvalue weighted by molar-refractivity contribution is 5.94. The summed E-state index contributed by atoms with van der Waals surface area (Å²) in [6, 6.07) is 16.2. The van der Waals surface area contributed by atoms with Crippen molar-refractivity contribution in [2.45, 2.75) is 32.4 Å². The molecule has 5 heteroatoms. The van der Waals surface area contributed by atoms with Crippen LogP contribution in [-0.4, -0.2) is 42.9 Å². The first-order valence-electron chi connectivity index (χ1n) is 9.41. The molecule has 3 rings (SSSR count). The SMILES string of the molecule is Cc1ccc(C(=O)NCCC(=O)NC[C@@H]2Cc3ccccc3CN2C)cc1. The molecule has 1 atom stereocenters. The summed E-state index contributed by atoms with van der Waals surface area (Å²) in [6.45, 7) is 3.84. The minimum Gasteiger partial charge on any atom is -0.354 e. The molecule has 2 aromatic carbocycles. The zero-order chi connectivity index (χ0) is 19.2. The Hall–Kier alpha value is -2.66. The van der Waals surface area contributed by atoms with E-state index in [0.29, 0.717) is 24.7 Å². The van der Waals surface area contributed by atoms with Crippen molar-refractivity contribution in [1.82, 2.24) is 15.5 Å². The van der Waals surface area contributed by atoms with E-state index in [4.69, 9.17) is 0 Å². The summed E-state index contributed by atoms with van der Waals surface area (Å²) in [6.07, 6.45) is 1.22. The summed E-state index contributed by atoms with van der Waals surface area (Å²) in [4.78, 5) is 26.5. The summed E-state index contributed by atoms with van der Waals surface area (Å²) in [5.74, 6) is -0.183. The van der Waals surface area contributed by atoms with Gasteiger partial charge >= 0.3 is 0 Å². The lowest BCUT2D eigenvalue weighted by Gasteiger charge is -2.34. The molecule has 0 aromatic heterocycles. The van der Waals surface area contributed by atoms with Gasteiger partial charge in [-0.2, -0.15) is 0 Å². The van der Waals surface area contributed by atoms with Crippen LogP contribution in [0.3, 0.4) is 0 Å². The Kier molecular flexibility index (Phi) is 6.24. The molecular formula is C22H27N3O2. The van der Waals surface area contributed by atoms with E-state index >= 15 is 0 Å². The molecule has 0 fully saturated rings. The molecule has 0 saturated heterocycles. The Morgan fingerprint density at radius 3 is 2.48 bits per heavy atom. The lowest BCUT2D eigenvalue weighted by molar-refractivity contribution is -0.121. The fourth-order valence-corrected chi connectivity index (χ4v) is 3.36. The number of carbonyl (C=O) groups is 2. The van der Waals surface area contributed by atoms with Gasteiger partial charge in [0.05, 0.1) is 0 Å². The van der Waals surface area contributed by atoms with Crippen LogP contribution in [-0.2, 0) is 17.8 Å². The van der Waals surface area contributed by atoms with Crippen LogP contribution in [0.1, 0.15) is 33.5 Å². The topological polar surface area (TPSA) is 61.4 Å². The summed E-state index contributed by atoms with van der Waals surface area (Å²) in [5.41, 5.74) is 4.45. The van der Waals surface area contributed by atoms with E-state index in [1.54, 1.807) is 12.1 Å². The largest absolute Gasteiger partial charge is 0.354 e. The normalized spacial score (nSPS) is 16.4. The Bertz CT molecular complexity index is 801. The van der Waals surface area contributed by atoms with Crippen molar-refractivity contribution < 1.29 is 9.59 Å². The van der Waals surface area contributed by atoms with Crippen molar-refractivity contribution in [3.05, 3.63) is 70.8 Å². The van der Waals surface area contributed by atoms with Gasteiger partial charge in [-0.25, -0.2) is 0 Å². The number of amides is 2. The summed E-state index contributed by atoms with van der Waals surface area (Å²) < 4.78 is 0. The second-order valence-corrected chi connectivity index (χ2v) is 7.22. The number of likely N-dealkylation sites (N-methyl/N-ethyl adjacent to an activating group) is 1. The molecule has 0 spiro atoms. The Morgan fingerprint density at radius 2 is 1.74 bits per heavy atom. The Balaban J connectivity index is 1.40. The number of hydrogen-bond acceptors (Lipinski definition) is 3. The van der Waals surface area contributed by atoms with Crippen molar-refractivity contribution >= 4 is 11.8 Å². The fourth-order valence-electron chi connectivity index (χ4n) is 3.36. The highest BCUT2D eigenvalue weighted by Crippen LogP contribution is 2.21. The van der Waals surface area contributed by atoms with E-state index in [1.807, 2.05) is 19.1 Å². The molecular weight excluding hydrogens is 338 g/mol. The monoisotopic (exact) mass is 365 g/mol. The van der Waals surface area contributed by atoms with Gasteiger partial charge in [-0.05, 0) is 43.7 Å².